The summed E-state index contributed by atoms with van der Waals surface area (Å²) in [6.07, 6.45) is 6.71. The molecule has 4 nitrogen and oxygen atoms in total. The van der Waals surface area contributed by atoms with Crippen molar-refractivity contribution in [3.05, 3.63) is 47.7 Å². The van der Waals surface area contributed by atoms with Crippen molar-refractivity contribution in [2.75, 3.05) is 34.4 Å². The molecule has 0 heterocycles. The Morgan fingerprint density at radius 1 is 1.28 bits per heavy atom. The predicted octanol–water partition coefficient (Wildman–Crippen LogP) is -1.46. The summed E-state index contributed by atoms with van der Waals surface area (Å²) in [5, 5.41) is 3.20. The van der Waals surface area contributed by atoms with Crippen molar-refractivity contribution in [3.63, 3.8) is 0 Å². The zero-order valence-electron chi connectivity index (χ0n) is 10.9. The molecule has 0 bridgehead atoms. The first-order chi connectivity index (χ1) is 8.26. The summed E-state index contributed by atoms with van der Waals surface area (Å²) in [5.41, 5.74) is 0.965. The van der Waals surface area contributed by atoms with Crippen LogP contribution in [0.3, 0.4) is 0 Å². The molecule has 1 rings (SSSR count). The molecule has 0 saturated heterocycles. The van der Waals surface area contributed by atoms with E-state index in [4.69, 9.17) is 14.2 Å². The summed E-state index contributed by atoms with van der Waals surface area (Å²) in [6, 6.07) is 0. The van der Waals surface area contributed by atoms with E-state index in [-0.39, 0.29) is 12.4 Å². The molecule has 0 radical (unpaired) electrons. The Balaban J connectivity index is 0.00000289. The SMILES string of the molecule is C=CCNCC1=CC(OC)=C(OC)[C+]=C1OC.[Cl-]. The lowest BCUT2D eigenvalue weighted by Crippen LogP contribution is -3.00. The maximum atomic E-state index is 5.26. The topological polar surface area (TPSA) is 39.7 Å². The summed E-state index contributed by atoms with van der Waals surface area (Å²) in [6.45, 7) is 5.04. The number of rotatable bonds is 7. The average molecular weight is 272 g/mol. The molecule has 1 aliphatic rings. The summed E-state index contributed by atoms with van der Waals surface area (Å²) >= 11 is 0. The molecular weight excluding hydrogens is 254 g/mol. The van der Waals surface area contributed by atoms with Crippen molar-refractivity contribution in [1.82, 2.24) is 5.32 Å². The highest BCUT2D eigenvalue weighted by atomic mass is 35.5. The molecule has 0 atom stereocenters. The van der Waals surface area contributed by atoms with Crippen LogP contribution in [0.15, 0.2) is 41.6 Å². The standard InChI is InChI=1S/C13H18NO3.ClH/c1-5-6-14-9-10-7-12(16-3)13(17-4)8-11(10)15-2;/h5,7,14H,1,6,9H2,2-4H3;1H/q+1;/p-1. The first-order valence-corrected chi connectivity index (χ1v) is 5.29. The van der Waals surface area contributed by atoms with Crippen LogP contribution in [0.5, 0.6) is 0 Å². The number of hydrogen-bond donors (Lipinski definition) is 1. The zero-order valence-corrected chi connectivity index (χ0v) is 11.6. The van der Waals surface area contributed by atoms with Gasteiger partial charge in [-0.1, -0.05) is 6.08 Å². The van der Waals surface area contributed by atoms with Gasteiger partial charge in [0.15, 0.2) is 0 Å². The third kappa shape index (κ3) is 4.08. The van der Waals surface area contributed by atoms with E-state index in [2.05, 4.69) is 18.0 Å². The van der Waals surface area contributed by atoms with Gasteiger partial charge in [-0.3, -0.25) is 5.32 Å². The predicted molar refractivity (Wildman–Crippen MR) is 66.0 cm³/mol. The van der Waals surface area contributed by atoms with Gasteiger partial charge in [0.05, 0.1) is 27.9 Å². The smallest absolute Gasteiger partial charge is 0.337 e. The van der Waals surface area contributed by atoms with Crippen LogP contribution in [0.1, 0.15) is 0 Å². The van der Waals surface area contributed by atoms with Gasteiger partial charge in [0, 0.05) is 6.54 Å². The fourth-order valence-corrected chi connectivity index (χ4v) is 1.46. The van der Waals surface area contributed by atoms with Crippen LogP contribution in [-0.4, -0.2) is 34.4 Å². The lowest BCUT2D eigenvalue weighted by molar-refractivity contribution is -0.00000467. The number of allylic oxidation sites excluding steroid dienone is 2. The molecule has 0 spiro atoms. The average Bonchev–Trinajstić information content (AvgIpc) is 2.38. The summed E-state index contributed by atoms with van der Waals surface area (Å²) < 4.78 is 15.6. The minimum absolute atomic E-state index is 0. The van der Waals surface area contributed by atoms with E-state index in [1.807, 2.05) is 6.08 Å². The van der Waals surface area contributed by atoms with Crippen molar-refractivity contribution < 1.29 is 26.6 Å². The first-order valence-electron chi connectivity index (χ1n) is 5.29. The van der Waals surface area contributed by atoms with Crippen molar-refractivity contribution in [3.8, 4) is 0 Å². The van der Waals surface area contributed by atoms with E-state index in [0.717, 1.165) is 12.1 Å². The van der Waals surface area contributed by atoms with Crippen molar-refractivity contribution in [1.29, 1.82) is 0 Å². The lowest BCUT2D eigenvalue weighted by atomic mass is 10.1. The van der Waals surface area contributed by atoms with Crippen molar-refractivity contribution in [2.24, 2.45) is 0 Å². The molecule has 0 fully saturated rings. The van der Waals surface area contributed by atoms with Crippen molar-refractivity contribution >= 4 is 0 Å². The summed E-state index contributed by atoms with van der Waals surface area (Å²) in [7, 11) is 4.78. The Labute approximate surface area is 114 Å². The van der Waals surface area contributed by atoms with Crippen molar-refractivity contribution in [2.45, 2.75) is 0 Å². The van der Waals surface area contributed by atoms with Gasteiger partial charge in [-0.15, -0.1) is 6.58 Å². The van der Waals surface area contributed by atoms with Crippen LogP contribution < -0.4 is 17.7 Å². The molecule has 1 aliphatic carbocycles. The molecule has 18 heavy (non-hydrogen) atoms. The van der Waals surface area contributed by atoms with Crippen LogP contribution in [0, 0.1) is 6.08 Å². The fourth-order valence-electron chi connectivity index (χ4n) is 1.46. The van der Waals surface area contributed by atoms with Crippen LogP contribution >= 0.6 is 0 Å². The monoisotopic (exact) mass is 271 g/mol. The Hall–Kier alpha value is -1.48. The molecule has 0 saturated carbocycles. The van der Waals surface area contributed by atoms with Crippen LogP contribution in [0.2, 0.25) is 0 Å². The lowest BCUT2D eigenvalue weighted by Gasteiger charge is -2.09. The third-order valence-electron chi connectivity index (χ3n) is 2.28. The van der Waals surface area contributed by atoms with E-state index in [1.165, 1.54) is 0 Å². The van der Waals surface area contributed by atoms with Gasteiger partial charge >= 0.3 is 5.76 Å². The molecule has 0 aromatic carbocycles. The highest BCUT2D eigenvalue weighted by Gasteiger charge is 2.28. The van der Waals surface area contributed by atoms with Crippen LogP contribution in [-0.2, 0) is 14.2 Å². The minimum atomic E-state index is 0. The van der Waals surface area contributed by atoms with Gasteiger partial charge in [-0.25, -0.2) is 0 Å². The van der Waals surface area contributed by atoms with E-state index < -0.39 is 0 Å². The molecule has 0 amide bonds. The Bertz CT molecular complexity index is 372. The first kappa shape index (κ1) is 16.5. The number of nitrogens with one attached hydrogen (secondary N) is 1. The third-order valence-corrected chi connectivity index (χ3v) is 2.28. The highest BCUT2D eigenvalue weighted by Crippen LogP contribution is 2.23. The Morgan fingerprint density at radius 2 is 2.00 bits per heavy atom. The van der Waals surface area contributed by atoms with E-state index >= 15 is 0 Å². The quantitative estimate of drug-likeness (QED) is 0.349. The minimum Gasteiger partial charge on any atom is -1.00 e. The number of halogens is 1. The van der Waals surface area contributed by atoms with E-state index in [9.17, 15) is 0 Å². The van der Waals surface area contributed by atoms with Gasteiger partial charge in [-0.05, 0) is 0 Å². The molecule has 5 heteroatoms. The second-order valence-corrected chi connectivity index (χ2v) is 3.35. The maximum Gasteiger partial charge on any atom is 0.337 e. The van der Waals surface area contributed by atoms with Gasteiger partial charge in [-0.2, -0.15) is 0 Å². The summed E-state index contributed by atoms with van der Waals surface area (Å²) in [5.74, 6) is 1.83. The zero-order chi connectivity index (χ0) is 12.7. The molecule has 0 aromatic rings. The van der Waals surface area contributed by atoms with Crippen LogP contribution in [0.25, 0.3) is 0 Å². The normalized spacial score (nSPS) is 13.7. The molecule has 0 aliphatic heterocycles. The number of methoxy groups -OCH3 is 3. The van der Waals surface area contributed by atoms with Gasteiger partial charge < -0.3 is 26.6 Å². The molecule has 0 unspecified atom stereocenters. The maximum absolute atomic E-state index is 5.26. The number of hydrogen-bond acceptors (Lipinski definition) is 4. The fraction of sp³-hybridized carbons (Fsp3) is 0.385. The van der Waals surface area contributed by atoms with Crippen LogP contribution in [0.4, 0.5) is 0 Å². The summed E-state index contributed by atoms with van der Waals surface area (Å²) in [4.78, 5) is 0. The Kier molecular flexibility index (Phi) is 7.88. The van der Waals surface area contributed by atoms with Gasteiger partial charge in [0.25, 0.3) is 11.5 Å². The van der Waals surface area contributed by atoms with Gasteiger partial charge in [0.2, 0.25) is 0 Å². The second kappa shape index (κ2) is 8.59. The number of ether oxygens (including phenoxy) is 3. The van der Waals surface area contributed by atoms with E-state index in [1.54, 1.807) is 27.4 Å². The molecular formula is C13H18ClNO3. The molecule has 100 valence electrons. The Morgan fingerprint density at radius 3 is 2.50 bits per heavy atom. The largest absolute Gasteiger partial charge is 1.00 e. The van der Waals surface area contributed by atoms with E-state index in [0.29, 0.717) is 23.8 Å². The molecule has 0 aromatic heterocycles. The van der Waals surface area contributed by atoms with Gasteiger partial charge in [0.1, 0.15) is 17.7 Å². The molecule has 1 N–H and O–H groups in total. The highest BCUT2D eigenvalue weighted by molar-refractivity contribution is 5.41. The second-order valence-electron chi connectivity index (χ2n) is 3.35.